The van der Waals surface area contributed by atoms with Crippen molar-refractivity contribution in [3.63, 3.8) is 0 Å². The first-order valence-electron chi connectivity index (χ1n) is 12.8. The third kappa shape index (κ3) is 4.56. The van der Waals surface area contributed by atoms with Gasteiger partial charge in [-0.05, 0) is 59.7 Å². The summed E-state index contributed by atoms with van der Waals surface area (Å²) >= 11 is 0. The Balaban J connectivity index is 1.32. The van der Waals surface area contributed by atoms with Gasteiger partial charge in [0.15, 0.2) is 0 Å². The molecule has 5 heterocycles. The Morgan fingerprint density at radius 3 is 2.22 bits per heavy atom. The predicted octanol–water partition coefficient (Wildman–Crippen LogP) is 2.12. The second-order valence-electron chi connectivity index (χ2n) is 11.5. The monoisotopic (exact) mass is 495 g/mol. The largest absolute Gasteiger partial charge is 0.496 e. The fourth-order valence-electron chi connectivity index (χ4n) is 5.29. The molecule has 3 saturated heterocycles. The molecule has 9 nitrogen and oxygen atoms in total. The Labute approximate surface area is 213 Å². The molecule has 3 fully saturated rings. The molecule has 2 atom stereocenters. The Bertz CT molecular complexity index is 1140. The van der Waals surface area contributed by atoms with Crippen LogP contribution in [0.2, 0.25) is 0 Å². The molecule has 10 heteroatoms. The molecular weight excluding hydrogens is 457 g/mol. The van der Waals surface area contributed by atoms with E-state index in [0.29, 0.717) is 29.6 Å². The minimum absolute atomic E-state index is 0.139. The molecule has 3 aliphatic heterocycles. The number of hydrogen-bond donors (Lipinski definition) is 1. The lowest BCUT2D eigenvalue weighted by molar-refractivity contribution is -0.0726. The van der Waals surface area contributed by atoms with E-state index in [1.54, 1.807) is 23.9 Å². The van der Waals surface area contributed by atoms with Crippen LogP contribution in [-0.4, -0.2) is 77.2 Å². The number of pyridine rings is 2. The summed E-state index contributed by atoms with van der Waals surface area (Å²) in [7, 11) is 1.18. The molecule has 36 heavy (non-hydrogen) atoms. The Morgan fingerprint density at radius 2 is 1.69 bits per heavy atom. The molecular formula is C26H38BN5O4. The van der Waals surface area contributed by atoms with Gasteiger partial charge in [0.2, 0.25) is 0 Å². The lowest BCUT2D eigenvalue weighted by Crippen LogP contribution is -2.62. The predicted molar refractivity (Wildman–Crippen MR) is 143 cm³/mol. The highest BCUT2D eigenvalue weighted by Gasteiger charge is 2.52. The lowest BCUT2D eigenvalue weighted by Gasteiger charge is -2.49. The van der Waals surface area contributed by atoms with Gasteiger partial charge in [0.05, 0.1) is 42.3 Å². The molecule has 0 radical (unpaired) electrons. The molecule has 2 aromatic heterocycles. The number of nitrogens with one attached hydrogen (secondary N) is 1. The fourth-order valence-corrected chi connectivity index (χ4v) is 5.29. The van der Waals surface area contributed by atoms with Crippen molar-refractivity contribution in [2.75, 3.05) is 36.5 Å². The summed E-state index contributed by atoms with van der Waals surface area (Å²) in [6, 6.07) is 7.11. The van der Waals surface area contributed by atoms with Gasteiger partial charge in [0.25, 0.3) is 5.56 Å². The molecule has 3 aliphatic rings. The summed E-state index contributed by atoms with van der Waals surface area (Å²) in [5.41, 5.74) is 1.25. The number of rotatable bonds is 5. The average molecular weight is 495 g/mol. The molecule has 1 N–H and O–H groups in total. The van der Waals surface area contributed by atoms with Gasteiger partial charge in [0.1, 0.15) is 11.5 Å². The highest BCUT2D eigenvalue weighted by atomic mass is 16.7. The zero-order valence-electron chi connectivity index (χ0n) is 22.4. The van der Waals surface area contributed by atoms with E-state index in [4.69, 9.17) is 14.0 Å². The Hall–Kier alpha value is -2.40. The van der Waals surface area contributed by atoms with Crippen molar-refractivity contribution in [2.24, 2.45) is 7.05 Å². The van der Waals surface area contributed by atoms with E-state index in [0.717, 1.165) is 37.5 Å². The van der Waals surface area contributed by atoms with Crippen molar-refractivity contribution in [3.8, 4) is 0 Å². The minimum atomic E-state index is -0.550. The summed E-state index contributed by atoms with van der Waals surface area (Å²) in [6.07, 6.45) is 3.66. The van der Waals surface area contributed by atoms with Gasteiger partial charge in [-0.2, -0.15) is 0 Å². The highest BCUT2D eigenvalue weighted by molar-refractivity contribution is 6.62. The molecule has 2 aromatic rings. The smallest absolute Gasteiger partial charge is 0.399 e. The number of aromatic nitrogens is 2. The second-order valence-corrected chi connectivity index (χ2v) is 11.5. The van der Waals surface area contributed by atoms with Gasteiger partial charge in [-0.1, -0.05) is 0 Å². The van der Waals surface area contributed by atoms with Gasteiger partial charge in [-0.3, -0.25) is 9.69 Å². The van der Waals surface area contributed by atoms with Gasteiger partial charge in [0, 0.05) is 43.9 Å². The summed E-state index contributed by atoms with van der Waals surface area (Å²) in [5, 5.41) is 3.21. The third-order valence-corrected chi connectivity index (χ3v) is 8.12. The van der Waals surface area contributed by atoms with Crippen molar-refractivity contribution in [1.29, 1.82) is 0 Å². The summed E-state index contributed by atoms with van der Waals surface area (Å²) in [5.74, 6) is 0.618. The maximum absolute atomic E-state index is 12.9. The average Bonchev–Trinajstić information content (AvgIpc) is 2.97. The summed E-state index contributed by atoms with van der Waals surface area (Å²) in [4.78, 5) is 22.5. The summed E-state index contributed by atoms with van der Waals surface area (Å²) in [6.45, 7) is 16.3. The van der Waals surface area contributed by atoms with Crippen LogP contribution in [-0.2, 0) is 21.1 Å². The topological polar surface area (TPSA) is 81.1 Å². The van der Waals surface area contributed by atoms with E-state index in [2.05, 4.69) is 40.0 Å². The Morgan fingerprint density at radius 1 is 1.06 bits per heavy atom. The van der Waals surface area contributed by atoms with Gasteiger partial charge < -0.3 is 28.8 Å². The Kier molecular flexibility index (Phi) is 6.43. The SMILES string of the molecule is CC1CN(C2COC2)CC(C)N1c1ccc(Nc2cc(B3OC(C)(C)C(C)(C)O3)cn(C)c2=O)nc1. The van der Waals surface area contributed by atoms with Crippen molar-refractivity contribution >= 4 is 29.8 Å². The zero-order chi connectivity index (χ0) is 25.8. The van der Waals surface area contributed by atoms with Crippen molar-refractivity contribution in [1.82, 2.24) is 14.5 Å². The van der Waals surface area contributed by atoms with Crippen LogP contribution in [0.4, 0.5) is 17.2 Å². The number of hydrogen-bond acceptors (Lipinski definition) is 8. The number of anilines is 3. The van der Waals surface area contributed by atoms with E-state index in [1.807, 2.05) is 40.0 Å². The number of aryl methyl sites for hydroxylation is 1. The van der Waals surface area contributed by atoms with E-state index >= 15 is 0 Å². The van der Waals surface area contributed by atoms with Crippen molar-refractivity contribution < 1.29 is 14.0 Å². The van der Waals surface area contributed by atoms with E-state index < -0.39 is 18.3 Å². The standard InChI is InChI=1S/C26H38BN5O4/c1-17-12-31(21-15-34-16-21)13-18(2)32(17)20-8-9-23(28-11-20)29-22-10-19(14-30(7)24(22)33)27-35-25(3,4)26(5,6)36-27/h8-11,14,17-18,21H,12-13,15-16H2,1-7H3,(H,28,29). The fraction of sp³-hybridized carbons (Fsp3) is 0.615. The normalized spacial score (nSPS) is 26.2. The highest BCUT2D eigenvalue weighted by Crippen LogP contribution is 2.36. The molecule has 0 amide bonds. The number of ether oxygens (including phenoxy) is 1. The molecule has 0 aliphatic carbocycles. The lowest BCUT2D eigenvalue weighted by atomic mass is 9.80. The van der Waals surface area contributed by atoms with E-state index in [9.17, 15) is 4.79 Å². The van der Waals surface area contributed by atoms with E-state index in [1.165, 1.54) is 0 Å². The van der Waals surface area contributed by atoms with Crippen LogP contribution in [0.15, 0.2) is 35.4 Å². The number of piperazine rings is 1. The van der Waals surface area contributed by atoms with Crippen LogP contribution in [0.25, 0.3) is 0 Å². The van der Waals surface area contributed by atoms with Crippen LogP contribution >= 0.6 is 0 Å². The maximum atomic E-state index is 12.9. The molecule has 194 valence electrons. The van der Waals surface area contributed by atoms with Crippen LogP contribution in [0.5, 0.6) is 0 Å². The molecule has 0 bridgehead atoms. The second kappa shape index (κ2) is 9.17. The molecule has 2 unspecified atom stereocenters. The van der Waals surface area contributed by atoms with Crippen molar-refractivity contribution in [3.05, 3.63) is 40.9 Å². The molecule has 0 saturated carbocycles. The minimum Gasteiger partial charge on any atom is -0.399 e. The number of nitrogens with zero attached hydrogens (tertiary/aromatic N) is 4. The molecule has 0 aromatic carbocycles. The van der Waals surface area contributed by atoms with Gasteiger partial charge >= 0.3 is 7.12 Å². The zero-order valence-corrected chi connectivity index (χ0v) is 22.4. The van der Waals surface area contributed by atoms with Crippen LogP contribution in [0.1, 0.15) is 41.5 Å². The molecule has 0 spiro atoms. The molecule has 5 rings (SSSR count). The van der Waals surface area contributed by atoms with Crippen LogP contribution in [0, 0.1) is 0 Å². The van der Waals surface area contributed by atoms with Crippen molar-refractivity contribution in [2.45, 2.75) is 70.9 Å². The van der Waals surface area contributed by atoms with E-state index in [-0.39, 0.29) is 5.56 Å². The summed E-state index contributed by atoms with van der Waals surface area (Å²) < 4.78 is 19.3. The quantitative estimate of drug-likeness (QED) is 0.633. The first-order valence-corrected chi connectivity index (χ1v) is 12.8. The van der Waals surface area contributed by atoms with Crippen LogP contribution in [0.3, 0.4) is 0 Å². The van der Waals surface area contributed by atoms with Gasteiger partial charge in [-0.25, -0.2) is 4.98 Å². The first-order chi connectivity index (χ1) is 16.9. The van der Waals surface area contributed by atoms with Gasteiger partial charge in [-0.15, -0.1) is 0 Å². The third-order valence-electron chi connectivity index (χ3n) is 8.12. The first kappa shape index (κ1) is 25.3. The van der Waals surface area contributed by atoms with Crippen LogP contribution < -0.4 is 21.2 Å². The maximum Gasteiger partial charge on any atom is 0.496 e.